The normalized spacial score (nSPS) is 14.2. The van der Waals surface area contributed by atoms with Crippen LogP contribution in [0.1, 0.15) is 77.6 Å². The molecular formula is C15H33O5P. The maximum Gasteiger partial charge on any atom is 0.472 e. The summed E-state index contributed by atoms with van der Waals surface area (Å²) in [6.07, 6.45) is 12.5. The van der Waals surface area contributed by atoms with E-state index in [0.29, 0.717) is 6.42 Å². The lowest BCUT2D eigenvalue weighted by molar-refractivity contribution is 0.137. The smallest absolute Gasteiger partial charge is 0.396 e. The minimum atomic E-state index is -3.91. The van der Waals surface area contributed by atoms with Gasteiger partial charge in [-0.15, -0.1) is 0 Å². The lowest BCUT2D eigenvalue weighted by Crippen LogP contribution is -2.00. The van der Waals surface area contributed by atoms with Crippen molar-refractivity contribution in [3.05, 3.63) is 0 Å². The summed E-state index contributed by atoms with van der Waals surface area (Å²) in [6.45, 7) is 2.47. The molecule has 0 bridgehead atoms. The van der Waals surface area contributed by atoms with Crippen molar-refractivity contribution in [2.75, 3.05) is 19.8 Å². The van der Waals surface area contributed by atoms with Crippen molar-refractivity contribution < 1.29 is 23.6 Å². The van der Waals surface area contributed by atoms with Crippen LogP contribution in [0, 0.1) is 0 Å². The van der Waals surface area contributed by atoms with Crippen molar-refractivity contribution in [1.29, 1.82) is 0 Å². The second-order valence-corrected chi connectivity index (χ2v) is 6.85. The summed E-state index contributed by atoms with van der Waals surface area (Å²) in [5.41, 5.74) is 0. The van der Waals surface area contributed by atoms with E-state index in [1.54, 1.807) is 0 Å². The molecule has 0 aliphatic rings. The third-order valence-corrected chi connectivity index (χ3v) is 4.33. The van der Waals surface area contributed by atoms with Crippen LogP contribution < -0.4 is 0 Å². The van der Waals surface area contributed by atoms with Crippen molar-refractivity contribution in [3.63, 3.8) is 0 Å². The molecule has 5 nitrogen and oxygen atoms in total. The molecule has 0 amide bonds. The maximum atomic E-state index is 11.4. The van der Waals surface area contributed by atoms with E-state index in [2.05, 4.69) is 6.92 Å². The largest absolute Gasteiger partial charge is 0.472 e. The van der Waals surface area contributed by atoms with Gasteiger partial charge < -0.3 is 10.00 Å². The molecule has 0 aliphatic heterocycles. The summed E-state index contributed by atoms with van der Waals surface area (Å²) in [6, 6.07) is 0. The number of aliphatic hydroxyl groups is 1. The predicted molar refractivity (Wildman–Crippen MR) is 85.3 cm³/mol. The molecule has 0 rings (SSSR count). The first-order chi connectivity index (χ1) is 10.1. The van der Waals surface area contributed by atoms with E-state index in [9.17, 15) is 9.46 Å². The highest BCUT2D eigenvalue weighted by molar-refractivity contribution is 7.47. The molecular weight excluding hydrogens is 291 g/mol. The monoisotopic (exact) mass is 324 g/mol. The Kier molecular flexibility index (Phi) is 15.0. The Balaban J connectivity index is 3.26. The van der Waals surface area contributed by atoms with E-state index in [1.165, 1.54) is 44.9 Å². The number of hydrogen-bond acceptors (Lipinski definition) is 4. The first kappa shape index (κ1) is 21.1. The Hall–Kier alpha value is 0.0700. The zero-order valence-electron chi connectivity index (χ0n) is 13.5. The van der Waals surface area contributed by atoms with Gasteiger partial charge in [0.1, 0.15) is 0 Å². The molecule has 1 unspecified atom stereocenters. The molecule has 2 N–H and O–H groups in total. The molecule has 0 fully saturated rings. The quantitative estimate of drug-likeness (QED) is 0.324. The van der Waals surface area contributed by atoms with Crippen molar-refractivity contribution in [1.82, 2.24) is 0 Å². The average molecular weight is 324 g/mol. The molecule has 6 heteroatoms. The summed E-state index contributed by atoms with van der Waals surface area (Å²) in [5, 5.41) is 8.55. The Morgan fingerprint density at radius 3 is 1.67 bits per heavy atom. The molecule has 0 aromatic heterocycles. The molecule has 0 saturated carbocycles. The minimum Gasteiger partial charge on any atom is -0.396 e. The van der Waals surface area contributed by atoms with Crippen LogP contribution in [0.3, 0.4) is 0 Å². The Bertz CT molecular complexity index is 260. The van der Waals surface area contributed by atoms with E-state index in [1.807, 2.05) is 0 Å². The molecule has 0 aliphatic carbocycles. The third-order valence-electron chi connectivity index (χ3n) is 3.31. The van der Waals surface area contributed by atoms with Gasteiger partial charge >= 0.3 is 7.82 Å². The summed E-state index contributed by atoms with van der Waals surface area (Å²) in [4.78, 5) is 9.31. The van der Waals surface area contributed by atoms with Crippen LogP contribution in [0.25, 0.3) is 0 Å². The van der Waals surface area contributed by atoms with Gasteiger partial charge in [0.05, 0.1) is 13.2 Å². The molecule has 0 saturated heterocycles. The van der Waals surface area contributed by atoms with Gasteiger partial charge in [-0.25, -0.2) is 4.57 Å². The fourth-order valence-corrected chi connectivity index (χ4v) is 2.85. The predicted octanol–water partition coefficient (Wildman–Crippen LogP) is 4.42. The van der Waals surface area contributed by atoms with Gasteiger partial charge in [-0.3, -0.25) is 9.05 Å². The topological polar surface area (TPSA) is 76.0 Å². The van der Waals surface area contributed by atoms with Crippen molar-refractivity contribution in [3.8, 4) is 0 Å². The van der Waals surface area contributed by atoms with E-state index in [4.69, 9.17) is 14.2 Å². The van der Waals surface area contributed by atoms with Gasteiger partial charge in [0.15, 0.2) is 0 Å². The standard InChI is InChI=1S/C15H33O5P/c1-2-3-4-5-6-7-8-9-10-11-14-19-21(17,18)20-15-12-13-16/h16H,2-15H2,1H3,(H,17,18). The summed E-state index contributed by atoms with van der Waals surface area (Å²) >= 11 is 0. The number of hydrogen-bond donors (Lipinski definition) is 2. The lowest BCUT2D eigenvalue weighted by atomic mass is 10.1. The van der Waals surface area contributed by atoms with Gasteiger partial charge in [-0.1, -0.05) is 64.7 Å². The highest BCUT2D eigenvalue weighted by Gasteiger charge is 2.19. The number of rotatable bonds is 16. The van der Waals surface area contributed by atoms with E-state index in [-0.39, 0.29) is 19.8 Å². The second-order valence-electron chi connectivity index (χ2n) is 5.39. The van der Waals surface area contributed by atoms with Crippen LogP contribution in [0.5, 0.6) is 0 Å². The number of aliphatic hydroxyl groups excluding tert-OH is 1. The van der Waals surface area contributed by atoms with E-state index in [0.717, 1.165) is 19.3 Å². The minimum absolute atomic E-state index is 0.0440. The van der Waals surface area contributed by atoms with Crippen LogP contribution in [-0.2, 0) is 13.6 Å². The third kappa shape index (κ3) is 16.3. The maximum absolute atomic E-state index is 11.4. The Morgan fingerprint density at radius 1 is 0.762 bits per heavy atom. The van der Waals surface area contributed by atoms with Crippen LogP contribution in [0.15, 0.2) is 0 Å². The highest BCUT2D eigenvalue weighted by atomic mass is 31.2. The Labute approximate surface area is 129 Å². The van der Waals surface area contributed by atoms with E-state index >= 15 is 0 Å². The number of phosphoric ester groups is 1. The molecule has 1 atom stereocenters. The van der Waals surface area contributed by atoms with E-state index < -0.39 is 7.82 Å². The SMILES string of the molecule is CCCCCCCCCCCCOP(=O)(O)OCCCO. The van der Waals surface area contributed by atoms with Gasteiger partial charge in [-0.05, 0) is 12.8 Å². The van der Waals surface area contributed by atoms with Crippen LogP contribution in [-0.4, -0.2) is 29.8 Å². The zero-order chi connectivity index (χ0) is 15.8. The molecule has 0 spiro atoms. The second kappa shape index (κ2) is 15.0. The summed E-state index contributed by atoms with van der Waals surface area (Å²) < 4.78 is 20.9. The lowest BCUT2D eigenvalue weighted by Gasteiger charge is -2.11. The highest BCUT2D eigenvalue weighted by Crippen LogP contribution is 2.43. The fraction of sp³-hybridized carbons (Fsp3) is 1.00. The number of phosphoric acid groups is 1. The molecule has 0 aromatic carbocycles. The molecule has 128 valence electrons. The van der Waals surface area contributed by atoms with Gasteiger partial charge in [0, 0.05) is 6.61 Å². The van der Waals surface area contributed by atoms with Crippen molar-refractivity contribution in [2.45, 2.75) is 77.6 Å². The van der Waals surface area contributed by atoms with Crippen molar-refractivity contribution >= 4 is 7.82 Å². The average Bonchev–Trinajstić information content (AvgIpc) is 2.45. The molecule has 0 heterocycles. The van der Waals surface area contributed by atoms with Crippen LogP contribution >= 0.6 is 7.82 Å². The van der Waals surface area contributed by atoms with Crippen molar-refractivity contribution in [2.24, 2.45) is 0 Å². The molecule has 21 heavy (non-hydrogen) atoms. The molecule has 0 aromatic rings. The first-order valence-electron chi connectivity index (χ1n) is 8.35. The number of unbranched alkanes of at least 4 members (excludes halogenated alkanes) is 9. The fourth-order valence-electron chi connectivity index (χ4n) is 2.05. The molecule has 0 radical (unpaired) electrons. The summed E-state index contributed by atoms with van der Waals surface area (Å²) in [7, 11) is -3.91. The first-order valence-corrected chi connectivity index (χ1v) is 9.84. The van der Waals surface area contributed by atoms with Gasteiger partial charge in [0.25, 0.3) is 0 Å². The van der Waals surface area contributed by atoms with Gasteiger partial charge in [-0.2, -0.15) is 0 Å². The van der Waals surface area contributed by atoms with Crippen LogP contribution in [0.2, 0.25) is 0 Å². The Morgan fingerprint density at radius 2 is 1.19 bits per heavy atom. The van der Waals surface area contributed by atoms with Crippen LogP contribution in [0.4, 0.5) is 0 Å². The zero-order valence-corrected chi connectivity index (χ0v) is 14.4. The van der Waals surface area contributed by atoms with Gasteiger partial charge in [0.2, 0.25) is 0 Å². The summed E-state index contributed by atoms with van der Waals surface area (Å²) in [5.74, 6) is 0.